The third kappa shape index (κ3) is 3.47. The largest absolute Gasteiger partial charge is 0.497 e. The van der Waals surface area contributed by atoms with E-state index in [0.717, 1.165) is 25.7 Å². The summed E-state index contributed by atoms with van der Waals surface area (Å²) >= 11 is 0. The second-order valence-electron chi connectivity index (χ2n) is 6.03. The van der Waals surface area contributed by atoms with Gasteiger partial charge in [0.15, 0.2) is 0 Å². The first kappa shape index (κ1) is 15.6. The Bertz CT molecular complexity index is 508. The number of anilines is 1. The molecule has 116 valence electrons. The SMILES string of the molecule is COc1ccc(N)c(C(=O)NC2(CO)CCC(C)CC2)c1. The molecule has 0 unspecified atom stereocenters. The minimum Gasteiger partial charge on any atom is -0.497 e. The van der Waals surface area contributed by atoms with E-state index in [9.17, 15) is 9.90 Å². The molecule has 0 radical (unpaired) electrons. The Hall–Kier alpha value is -1.75. The Morgan fingerprint density at radius 3 is 2.71 bits per heavy atom. The predicted octanol–water partition coefficient (Wildman–Crippen LogP) is 1.95. The van der Waals surface area contributed by atoms with Crippen molar-refractivity contribution in [2.75, 3.05) is 19.5 Å². The second-order valence-corrected chi connectivity index (χ2v) is 6.03. The molecule has 0 aromatic heterocycles. The average molecular weight is 292 g/mol. The molecular weight excluding hydrogens is 268 g/mol. The molecule has 1 amide bonds. The van der Waals surface area contributed by atoms with Crippen LogP contribution >= 0.6 is 0 Å². The molecule has 4 N–H and O–H groups in total. The maximum Gasteiger partial charge on any atom is 0.254 e. The lowest BCUT2D eigenvalue weighted by Crippen LogP contribution is -2.53. The molecule has 1 aliphatic carbocycles. The molecule has 2 rings (SSSR count). The maximum atomic E-state index is 12.5. The topological polar surface area (TPSA) is 84.6 Å². The summed E-state index contributed by atoms with van der Waals surface area (Å²) in [6.45, 7) is 2.15. The van der Waals surface area contributed by atoms with Gasteiger partial charge in [-0.15, -0.1) is 0 Å². The van der Waals surface area contributed by atoms with Crippen molar-refractivity contribution in [3.63, 3.8) is 0 Å². The summed E-state index contributed by atoms with van der Waals surface area (Å²) < 4.78 is 5.13. The van der Waals surface area contributed by atoms with Gasteiger partial charge < -0.3 is 20.9 Å². The van der Waals surface area contributed by atoms with Crippen molar-refractivity contribution in [2.45, 2.75) is 38.1 Å². The van der Waals surface area contributed by atoms with Gasteiger partial charge in [0.25, 0.3) is 5.91 Å². The van der Waals surface area contributed by atoms with E-state index in [4.69, 9.17) is 10.5 Å². The molecule has 0 atom stereocenters. The maximum absolute atomic E-state index is 12.5. The first-order chi connectivity index (χ1) is 9.99. The number of nitrogen functional groups attached to an aromatic ring is 1. The lowest BCUT2D eigenvalue weighted by Gasteiger charge is -2.38. The molecule has 21 heavy (non-hydrogen) atoms. The van der Waals surface area contributed by atoms with Crippen LogP contribution in [0.25, 0.3) is 0 Å². The molecule has 0 bridgehead atoms. The molecule has 0 saturated heterocycles. The van der Waals surface area contributed by atoms with Crippen LogP contribution in [0.3, 0.4) is 0 Å². The van der Waals surface area contributed by atoms with Gasteiger partial charge in [-0.2, -0.15) is 0 Å². The number of carbonyl (C=O) groups excluding carboxylic acids is 1. The van der Waals surface area contributed by atoms with Gasteiger partial charge >= 0.3 is 0 Å². The quantitative estimate of drug-likeness (QED) is 0.741. The highest BCUT2D eigenvalue weighted by molar-refractivity contribution is 6.00. The zero-order valence-electron chi connectivity index (χ0n) is 12.7. The van der Waals surface area contributed by atoms with Crippen LogP contribution in [-0.4, -0.2) is 30.3 Å². The monoisotopic (exact) mass is 292 g/mol. The van der Waals surface area contributed by atoms with Crippen LogP contribution in [0.5, 0.6) is 5.75 Å². The van der Waals surface area contributed by atoms with Crippen molar-refractivity contribution in [1.82, 2.24) is 5.32 Å². The van der Waals surface area contributed by atoms with E-state index >= 15 is 0 Å². The number of carbonyl (C=O) groups is 1. The van der Waals surface area contributed by atoms with Gasteiger partial charge in [0, 0.05) is 5.69 Å². The number of ether oxygens (including phenoxy) is 1. The summed E-state index contributed by atoms with van der Waals surface area (Å²) in [4.78, 5) is 12.5. The number of nitrogens with one attached hydrogen (secondary N) is 1. The highest BCUT2D eigenvalue weighted by atomic mass is 16.5. The Morgan fingerprint density at radius 1 is 1.48 bits per heavy atom. The number of hydrogen-bond donors (Lipinski definition) is 3. The molecule has 0 spiro atoms. The smallest absolute Gasteiger partial charge is 0.254 e. The summed E-state index contributed by atoms with van der Waals surface area (Å²) in [5.41, 5.74) is 6.15. The van der Waals surface area contributed by atoms with E-state index < -0.39 is 5.54 Å². The van der Waals surface area contributed by atoms with E-state index in [1.165, 1.54) is 0 Å². The van der Waals surface area contributed by atoms with Gasteiger partial charge in [-0.3, -0.25) is 4.79 Å². The molecule has 0 aliphatic heterocycles. The third-order valence-corrected chi connectivity index (χ3v) is 4.42. The Kier molecular flexibility index (Phi) is 4.73. The van der Waals surface area contributed by atoms with Crippen molar-refractivity contribution in [2.24, 2.45) is 5.92 Å². The van der Waals surface area contributed by atoms with Crippen molar-refractivity contribution < 1.29 is 14.6 Å². The molecule has 1 fully saturated rings. The first-order valence-corrected chi connectivity index (χ1v) is 7.36. The molecule has 1 aliphatic rings. The lowest BCUT2D eigenvalue weighted by atomic mass is 9.77. The number of aliphatic hydroxyl groups is 1. The zero-order valence-corrected chi connectivity index (χ0v) is 12.7. The summed E-state index contributed by atoms with van der Waals surface area (Å²) in [7, 11) is 1.55. The second kappa shape index (κ2) is 6.35. The fraction of sp³-hybridized carbons (Fsp3) is 0.562. The molecule has 5 nitrogen and oxygen atoms in total. The van der Waals surface area contributed by atoms with Crippen molar-refractivity contribution in [3.8, 4) is 5.75 Å². The normalized spacial score (nSPS) is 25.4. The molecule has 5 heteroatoms. The Labute approximate surface area is 125 Å². The van der Waals surface area contributed by atoms with E-state index in [1.807, 2.05) is 0 Å². The van der Waals surface area contributed by atoms with Crippen LogP contribution < -0.4 is 15.8 Å². The number of amides is 1. The fourth-order valence-corrected chi connectivity index (χ4v) is 2.80. The predicted molar refractivity (Wildman–Crippen MR) is 82.3 cm³/mol. The number of aliphatic hydroxyl groups excluding tert-OH is 1. The number of hydrogen-bond acceptors (Lipinski definition) is 4. The number of benzene rings is 1. The van der Waals surface area contributed by atoms with Crippen LogP contribution in [0, 0.1) is 5.92 Å². The zero-order chi connectivity index (χ0) is 15.5. The summed E-state index contributed by atoms with van der Waals surface area (Å²) in [6, 6.07) is 5.00. The van der Waals surface area contributed by atoms with Crippen LogP contribution in [0.4, 0.5) is 5.69 Å². The van der Waals surface area contributed by atoms with Gasteiger partial charge in [-0.05, 0) is 49.8 Å². The van der Waals surface area contributed by atoms with Gasteiger partial charge in [-0.1, -0.05) is 6.92 Å². The summed E-state index contributed by atoms with van der Waals surface area (Å²) in [5.74, 6) is 0.975. The van der Waals surface area contributed by atoms with Crippen molar-refractivity contribution in [3.05, 3.63) is 23.8 Å². The Balaban J connectivity index is 2.16. The van der Waals surface area contributed by atoms with E-state index in [1.54, 1.807) is 25.3 Å². The minimum absolute atomic E-state index is 0.0463. The van der Waals surface area contributed by atoms with Crippen LogP contribution in [-0.2, 0) is 0 Å². The fourth-order valence-electron chi connectivity index (χ4n) is 2.80. The highest BCUT2D eigenvalue weighted by Crippen LogP contribution is 2.32. The number of methoxy groups -OCH3 is 1. The van der Waals surface area contributed by atoms with Crippen LogP contribution in [0.15, 0.2) is 18.2 Å². The minimum atomic E-state index is -0.529. The summed E-state index contributed by atoms with van der Waals surface area (Å²) in [6.07, 6.45) is 3.60. The lowest BCUT2D eigenvalue weighted by molar-refractivity contribution is 0.0717. The van der Waals surface area contributed by atoms with E-state index in [-0.39, 0.29) is 12.5 Å². The number of nitrogens with two attached hydrogens (primary N) is 1. The van der Waals surface area contributed by atoms with Gasteiger partial charge in [0.2, 0.25) is 0 Å². The highest BCUT2D eigenvalue weighted by Gasteiger charge is 2.35. The van der Waals surface area contributed by atoms with Crippen LogP contribution in [0.1, 0.15) is 43.0 Å². The van der Waals surface area contributed by atoms with Crippen LogP contribution in [0.2, 0.25) is 0 Å². The number of rotatable bonds is 4. The van der Waals surface area contributed by atoms with E-state index in [0.29, 0.717) is 22.9 Å². The Morgan fingerprint density at radius 2 is 2.14 bits per heavy atom. The summed E-state index contributed by atoms with van der Waals surface area (Å²) in [5, 5.41) is 12.7. The van der Waals surface area contributed by atoms with Crippen molar-refractivity contribution >= 4 is 11.6 Å². The molecule has 0 heterocycles. The van der Waals surface area contributed by atoms with Gasteiger partial charge in [0.05, 0.1) is 24.8 Å². The molecule has 1 saturated carbocycles. The first-order valence-electron chi connectivity index (χ1n) is 7.36. The van der Waals surface area contributed by atoms with E-state index in [2.05, 4.69) is 12.2 Å². The van der Waals surface area contributed by atoms with Gasteiger partial charge in [-0.25, -0.2) is 0 Å². The average Bonchev–Trinajstić information content (AvgIpc) is 2.50. The molecule has 1 aromatic carbocycles. The standard InChI is InChI=1S/C16H24N2O3/c1-11-5-7-16(10-19,8-6-11)18-15(20)13-9-12(21-2)3-4-14(13)17/h3-4,9,11,19H,5-8,10,17H2,1-2H3,(H,18,20). The third-order valence-electron chi connectivity index (χ3n) is 4.42. The molecule has 1 aromatic rings. The molecular formula is C16H24N2O3. The van der Waals surface area contributed by atoms with Gasteiger partial charge in [0.1, 0.15) is 5.75 Å². The van der Waals surface area contributed by atoms with Crippen molar-refractivity contribution in [1.29, 1.82) is 0 Å².